The molecular weight excluding hydrogens is 270 g/mol. The third-order valence-corrected chi connectivity index (χ3v) is 4.39. The number of piperidine rings is 1. The Morgan fingerprint density at radius 3 is 2.85 bits per heavy atom. The Bertz CT molecular complexity index is 447. The average Bonchev–Trinajstić information content (AvgIpc) is 2.38. The minimum absolute atomic E-state index is 0.456. The van der Waals surface area contributed by atoms with Crippen LogP contribution in [-0.2, 0) is 6.54 Å². The zero-order valence-corrected chi connectivity index (χ0v) is 13.7. The highest BCUT2D eigenvalue weighted by atomic mass is 35.5. The highest BCUT2D eigenvalue weighted by Gasteiger charge is 2.24. The summed E-state index contributed by atoms with van der Waals surface area (Å²) in [6.07, 6.45) is 4.27. The zero-order valence-electron chi connectivity index (χ0n) is 13.0. The van der Waals surface area contributed by atoms with Gasteiger partial charge in [0.15, 0.2) is 0 Å². The summed E-state index contributed by atoms with van der Waals surface area (Å²) >= 11 is 6.26. The van der Waals surface area contributed by atoms with Gasteiger partial charge in [0.2, 0.25) is 0 Å². The summed E-state index contributed by atoms with van der Waals surface area (Å²) in [5.74, 6) is 1.88. The fourth-order valence-corrected chi connectivity index (χ4v) is 2.99. The number of rotatable bonds is 4. The summed E-state index contributed by atoms with van der Waals surface area (Å²) in [7, 11) is 0. The van der Waals surface area contributed by atoms with Crippen LogP contribution in [0.15, 0.2) is 12.3 Å². The molecule has 1 fully saturated rings. The van der Waals surface area contributed by atoms with Gasteiger partial charge < -0.3 is 10.2 Å². The Kier molecular flexibility index (Phi) is 5.28. The molecule has 1 saturated heterocycles. The standard InChI is InChI=1S/C16H26ClN3/c1-11(2)18-9-14-8-16(19-10-15(14)17)20-6-5-12(3)7-13(20)4/h8,10-13,18H,5-7,9H2,1-4H3. The fourth-order valence-electron chi connectivity index (χ4n) is 2.82. The van der Waals surface area contributed by atoms with Crippen LogP contribution in [0.2, 0.25) is 5.02 Å². The molecule has 1 aliphatic rings. The first-order valence-electron chi connectivity index (χ1n) is 7.61. The number of anilines is 1. The van der Waals surface area contributed by atoms with Crippen molar-refractivity contribution < 1.29 is 0 Å². The second-order valence-corrected chi connectivity index (χ2v) is 6.75. The van der Waals surface area contributed by atoms with Crippen molar-refractivity contribution in [3.05, 3.63) is 22.8 Å². The summed E-state index contributed by atoms with van der Waals surface area (Å²) in [6, 6.07) is 3.15. The molecule has 0 bridgehead atoms. The number of halogens is 1. The van der Waals surface area contributed by atoms with Crippen LogP contribution in [0.3, 0.4) is 0 Å². The highest BCUT2D eigenvalue weighted by molar-refractivity contribution is 6.31. The minimum Gasteiger partial charge on any atom is -0.354 e. The number of pyridine rings is 1. The summed E-state index contributed by atoms with van der Waals surface area (Å²) in [5.41, 5.74) is 1.14. The van der Waals surface area contributed by atoms with Crippen molar-refractivity contribution in [2.45, 2.75) is 59.2 Å². The Labute approximate surface area is 127 Å². The molecule has 2 rings (SSSR count). The van der Waals surface area contributed by atoms with Gasteiger partial charge in [-0.05, 0) is 37.3 Å². The average molecular weight is 296 g/mol. The van der Waals surface area contributed by atoms with Crippen LogP contribution < -0.4 is 10.2 Å². The first-order valence-corrected chi connectivity index (χ1v) is 7.99. The molecule has 0 aliphatic carbocycles. The topological polar surface area (TPSA) is 28.2 Å². The van der Waals surface area contributed by atoms with E-state index in [-0.39, 0.29) is 0 Å². The number of nitrogens with one attached hydrogen (secondary N) is 1. The van der Waals surface area contributed by atoms with E-state index in [2.05, 4.69) is 49.0 Å². The summed E-state index contributed by atoms with van der Waals surface area (Å²) in [4.78, 5) is 6.94. The number of nitrogens with zero attached hydrogens (tertiary/aromatic N) is 2. The lowest BCUT2D eigenvalue weighted by atomic mass is 9.93. The summed E-state index contributed by atoms with van der Waals surface area (Å²) in [6.45, 7) is 10.8. The third kappa shape index (κ3) is 3.86. The van der Waals surface area contributed by atoms with E-state index in [0.717, 1.165) is 35.4 Å². The molecule has 112 valence electrons. The molecule has 0 amide bonds. The SMILES string of the molecule is CC1CCN(c2cc(CNC(C)C)c(Cl)cn2)C(C)C1. The van der Waals surface area contributed by atoms with Crippen molar-refractivity contribution in [1.82, 2.24) is 10.3 Å². The first-order chi connectivity index (χ1) is 9.47. The molecule has 0 radical (unpaired) electrons. The van der Waals surface area contributed by atoms with Crippen molar-refractivity contribution >= 4 is 17.4 Å². The molecule has 3 nitrogen and oxygen atoms in total. The smallest absolute Gasteiger partial charge is 0.129 e. The Hall–Kier alpha value is -0.800. The van der Waals surface area contributed by atoms with Crippen molar-refractivity contribution in [2.24, 2.45) is 5.92 Å². The van der Waals surface area contributed by atoms with E-state index in [1.807, 2.05) is 0 Å². The number of hydrogen-bond donors (Lipinski definition) is 1. The molecule has 0 spiro atoms. The second-order valence-electron chi connectivity index (χ2n) is 6.34. The highest BCUT2D eigenvalue weighted by Crippen LogP contribution is 2.28. The van der Waals surface area contributed by atoms with E-state index in [1.165, 1.54) is 12.8 Å². The second kappa shape index (κ2) is 6.77. The van der Waals surface area contributed by atoms with E-state index in [1.54, 1.807) is 6.20 Å². The molecule has 2 unspecified atom stereocenters. The third-order valence-electron chi connectivity index (χ3n) is 4.05. The molecule has 4 heteroatoms. The van der Waals surface area contributed by atoms with Crippen LogP contribution in [0.4, 0.5) is 5.82 Å². The monoisotopic (exact) mass is 295 g/mol. The van der Waals surface area contributed by atoms with Crippen LogP contribution in [0.5, 0.6) is 0 Å². The lowest BCUT2D eigenvalue weighted by molar-refractivity contribution is 0.376. The quantitative estimate of drug-likeness (QED) is 0.914. The molecule has 1 aromatic heterocycles. The van der Waals surface area contributed by atoms with E-state index in [4.69, 9.17) is 11.6 Å². The maximum atomic E-state index is 6.26. The van der Waals surface area contributed by atoms with Crippen molar-refractivity contribution in [3.63, 3.8) is 0 Å². The van der Waals surface area contributed by atoms with Crippen LogP contribution in [0, 0.1) is 5.92 Å². The van der Waals surface area contributed by atoms with Crippen molar-refractivity contribution in [1.29, 1.82) is 0 Å². The molecule has 1 aliphatic heterocycles. The van der Waals surface area contributed by atoms with E-state index >= 15 is 0 Å². The molecule has 0 aromatic carbocycles. The van der Waals surface area contributed by atoms with Crippen LogP contribution >= 0.6 is 11.6 Å². The van der Waals surface area contributed by atoms with Gasteiger partial charge in [0.25, 0.3) is 0 Å². The molecule has 1 aromatic rings. The number of hydrogen-bond acceptors (Lipinski definition) is 3. The maximum absolute atomic E-state index is 6.26. The first kappa shape index (κ1) is 15.6. The lowest BCUT2D eigenvalue weighted by Crippen LogP contribution is -2.40. The Morgan fingerprint density at radius 1 is 1.45 bits per heavy atom. The van der Waals surface area contributed by atoms with Gasteiger partial charge in [-0.25, -0.2) is 4.98 Å². The maximum Gasteiger partial charge on any atom is 0.129 e. The summed E-state index contributed by atoms with van der Waals surface area (Å²) in [5, 5.41) is 4.17. The van der Waals surface area contributed by atoms with Gasteiger partial charge in [0.05, 0.1) is 5.02 Å². The van der Waals surface area contributed by atoms with Gasteiger partial charge in [0.1, 0.15) is 5.82 Å². The van der Waals surface area contributed by atoms with Crippen molar-refractivity contribution in [3.8, 4) is 0 Å². The predicted octanol–water partition coefficient (Wildman–Crippen LogP) is 3.86. The van der Waals surface area contributed by atoms with Crippen LogP contribution in [-0.4, -0.2) is 23.6 Å². The van der Waals surface area contributed by atoms with E-state index in [0.29, 0.717) is 12.1 Å². The molecular formula is C16H26ClN3. The van der Waals surface area contributed by atoms with E-state index in [9.17, 15) is 0 Å². The molecule has 20 heavy (non-hydrogen) atoms. The normalized spacial score (nSPS) is 23.4. The van der Waals surface area contributed by atoms with Gasteiger partial charge in [-0.2, -0.15) is 0 Å². The predicted molar refractivity (Wildman–Crippen MR) is 86.4 cm³/mol. The Morgan fingerprint density at radius 2 is 2.20 bits per heavy atom. The number of aromatic nitrogens is 1. The molecule has 2 heterocycles. The molecule has 2 atom stereocenters. The van der Waals surface area contributed by atoms with Gasteiger partial charge in [-0.3, -0.25) is 0 Å². The van der Waals surface area contributed by atoms with Gasteiger partial charge >= 0.3 is 0 Å². The van der Waals surface area contributed by atoms with Crippen molar-refractivity contribution in [2.75, 3.05) is 11.4 Å². The van der Waals surface area contributed by atoms with Gasteiger partial charge in [-0.1, -0.05) is 32.4 Å². The largest absolute Gasteiger partial charge is 0.354 e. The lowest BCUT2D eigenvalue weighted by Gasteiger charge is -2.37. The summed E-state index contributed by atoms with van der Waals surface area (Å²) < 4.78 is 0. The molecule has 0 saturated carbocycles. The minimum atomic E-state index is 0.456. The molecule has 1 N–H and O–H groups in total. The van der Waals surface area contributed by atoms with Crippen LogP contribution in [0.1, 0.15) is 46.1 Å². The zero-order chi connectivity index (χ0) is 14.7. The van der Waals surface area contributed by atoms with E-state index < -0.39 is 0 Å². The van der Waals surface area contributed by atoms with Gasteiger partial charge in [0, 0.05) is 31.4 Å². The fraction of sp³-hybridized carbons (Fsp3) is 0.688. The van der Waals surface area contributed by atoms with Gasteiger partial charge in [-0.15, -0.1) is 0 Å². The van der Waals surface area contributed by atoms with Crippen LogP contribution in [0.25, 0.3) is 0 Å². The Balaban J connectivity index is 2.14.